The van der Waals surface area contributed by atoms with E-state index < -0.39 is 0 Å². The molecule has 8 nitrogen and oxygen atoms in total. The molecule has 1 amide bonds. The van der Waals surface area contributed by atoms with Crippen molar-refractivity contribution >= 4 is 17.4 Å². The Morgan fingerprint density at radius 1 is 1.22 bits per heavy atom. The summed E-state index contributed by atoms with van der Waals surface area (Å²) < 4.78 is 6.20. The minimum atomic E-state index is -0.173. The number of rotatable bonds is 9. The number of hydrogen-bond donors (Lipinski definition) is 2. The van der Waals surface area contributed by atoms with Gasteiger partial charge in [0, 0.05) is 48.9 Å². The van der Waals surface area contributed by atoms with Crippen LogP contribution in [-0.2, 0) is 24.1 Å². The molecule has 1 aromatic heterocycles. The summed E-state index contributed by atoms with van der Waals surface area (Å²) in [6.45, 7) is 8.86. The highest BCUT2D eigenvalue weighted by atomic mass is 16.5. The first-order valence-corrected chi connectivity index (χ1v) is 13.8. The maximum atomic E-state index is 11.7. The van der Waals surface area contributed by atoms with Gasteiger partial charge in [-0.05, 0) is 76.7 Å². The lowest BCUT2D eigenvalue weighted by Gasteiger charge is -2.40. The summed E-state index contributed by atoms with van der Waals surface area (Å²) >= 11 is 0. The van der Waals surface area contributed by atoms with E-state index in [2.05, 4.69) is 58.3 Å². The summed E-state index contributed by atoms with van der Waals surface area (Å²) in [6, 6.07) is 10.1. The Hall–Kier alpha value is -3.13. The van der Waals surface area contributed by atoms with Gasteiger partial charge in [-0.2, -0.15) is 9.97 Å². The van der Waals surface area contributed by atoms with Crippen LogP contribution in [0.4, 0.5) is 11.5 Å². The second kappa shape index (κ2) is 11.5. The van der Waals surface area contributed by atoms with Gasteiger partial charge in [-0.15, -0.1) is 0 Å². The van der Waals surface area contributed by atoms with Gasteiger partial charge in [0.15, 0.2) is 0 Å². The van der Waals surface area contributed by atoms with Crippen LogP contribution in [0.3, 0.4) is 0 Å². The van der Waals surface area contributed by atoms with Crippen molar-refractivity contribution in [3.8, 4) is 6.01 Å². The normalized spacial score (nSPS) is 22.1. The Balaban J connectivity index is 1.37. The zero-order valence-electron chi connectivity index (χ0n) is 22.2. The van der Waals surface area contributed by atoms with Gasteiger partial charge >= 0.3 is 6.01 Å². The highest BCUT2D eigenvalue weighted by molar-refractivity contribution is 5.86. The number of amides is 1. The Morgan fingerprint density at radius 3 is 2.89 bits per heavy atom. The molecule has 5 rings (SSSR count). The molecule has 3 heterocycles. The number of nitrogens with zero attached hydrogens (tertiary/aromatic N) is 4. The summed E-state index contributed by atoms with van der Waals surface area (Å²) in [5, 5.41) is 6.40. The standard InChI is InChI=1S/C29H40N6O2/c1-4-27(36)30-18-20(2)31-28-24-14-13-22(35-16-7-10-21-9-5-6-12-26(21)35)17-25(24)32-29(33-28)37-19-23-11-8-15-34(23)3/h4-6,9,12,20,22-23H,1,7-8,10-11,13-19H2,2-3H3,(H,30,36)(H,31,32,33)/t20-,22-,23-/m0/s1. The van der Waals surface area contributed by atoms with Crippen molar-refractivity contribution in [1.82, 2.24) is 20.2 Å². The lowest BCUT2D eigenvalue weighted by molar-refractivity contribution is -0.116. The second-order valence-electron chi connectivity index (χ2n) is 10.7. The van der Waals surface area contributed by atoms with Gasteiger partial charge in [0.1, 0.15) is 12.4 Å². The molecule has 8 heteroatoms. The molecule has 1 saturated heterocycles. The van der Waals surface area contributed by atoms with Crippen LogP contribution in [0.5, 0.6) is 6.01 Å². The maximum absolute atomic E-state index is 11.7. The lowest BCUT2D eigenvalue weighted by atomic mass is 9.89. The van der Waals surface area contributed by atoms with Crippen LogP contribution in [-0.4, -0.2) is 72.2 Å². The predicted octanol–water partition coefficient (Wildman–Crippen LogP) is 3.36. The average molecular weight is 505 g/mol. The number of ether oxygens (including phenoxy) is 1. The molecule has 0 unspecified atom stereocenters. The Morgan fingerprint density at radius 2 is 2.08 bits per heavy atom. The van der Waals surface area contributed by atoms with Crippen molar-refractivity contribution in [2.24, 2.45) is 0 Å². The number of nitrogens with one attached hydrogen (secondary N) is 2. The molecule has 2 aliphatic heterocycles. The fourth-order valence-electron chi connectivity index (χ4n) is 5.94. The quantitative estimate of drug-likeness (QED) is 0.507. The number of para-hydroxylation sites is 1. The topological polar surface area (TPSA) is 82.6 Å². The SMILES string of the molecule is C=CC(=O)NC[C@H](C)Nc1nc(OC[C@@H]2CCCN2C)nc2c1CC[C@H](N1CCCc3ccccc31)C2. The number of likely N-dealkylation sites (N-methyl/N-ethyl adjacent to an activating group) is 1. The first-order chi connectivity index (χ1) is 18.0. The molecular weight excluding hydrogens is 464 g/mol. The minimum Gasteiger partial charge on any atom is -0.462 e. The molecule has 3 atom stereocenters. The highest BCUT2D eigenvalue weighted by Gasteiger charge is 2.31. The van der Waals surface area contributed by atoms with E-state index in [0.29, 0.717) is 31.2 Å². The van der Waals surface area contributed by atoms with Gasteiger partial charge < -0.3 is 25.2 Å². The molecule has 0 radical (unpaired) electrons. The number of carbonyl (C=O) groups is 1. The van der Waals surface area contributed by atoms with Crippen molar-refractivity contribution in [2.75, 3.05) is 43.5 Å². The second-order valence-corrected chi connectivity index (χ2v) is 10.7. The largest absolute Gasteiger partial charge is 0.462 e. The number of aromatic nitrogens is 2. The van der Waals surface area contributed by atoms with Gasteiger partial charge in [-0.1, -0.05) is 24.8 Å². The van der Waals surface area contributed by atoms with Crippen LogP contribution in [0.2, 0.25) is 0 Å². The fraction of sp³-hybridized carbons (Fsp3) is 0.552. The third kappa shape index (κ3) is 5.90. The average Bonchev–Trinajstić information content (AvgIpc) is 3.34. The number of hydrogen-bond acceptors (Lipinski definition) is 7. The monoisotopic (exact) mass is 504 g/mol. The fourth-order valence-corrected chi connectivity index (χ4v) is 5.94. The van der Waals surface area contributed by atoms with E-state index in [0.717, 1.165) is 56.7 Å². The van der Waals surface area contributed by atoms with Crippen LogP contribution in [0.25, 0.3) is 0 Å². The van der Waals surface area contributed by atoms with Crippen molar-refractivity contribution in [3.63, 3.8) is 0 Å². The highest BCUT2D eigenvalue weighted by Crippen LogP contribution is 2.35. The third-order valence-electron chi connectivity index (χ3n) is 8.04. The van der Waals surface area contributed by atoms with Crippen molar-refractivity contribution < 1.29 is 9.53 Å². The predicted molar refractivity (Wildman–Crippen MR) is 147 cm³/mol. The van der Waals surface area contributed by atoms with Crippen LogP contribution in [0, 0.1) is 0 Å². The van der Waals surface area contributed by atoms with Gasteiger partial charge in [-0.25, -0.2) is 0 Å². The molecule has 198 valence electrons. The zero-order valence-corrected chi connectivity index (χ0v) is 22.2. The van der Waals surface area contributed by atoms with Crippen molar-refractivity contribution in [2.45, 2.75) is 70.0 Å². The number of fused-ring (bicyclic) bond motifs is 2. The van der Waals surface area contributed by atoms with E-state index in [1.54, 1.807) is 0 Å². The van der Waals surface area contributed by atoms with Gasteiger partial charge in [0.25, 0.3) is 0 Å². The summed E-state index contributed by atoms with van der Waals surface area (Å²) in [7, 11) is 2.15. The number of anilines is 2. The molecule has 1 aromatic carbocycles. The summed E-state index contributed by atoms with van der Waals surface area (Å²) in [4.78, 5) is 26.4. The molecule has 0 spiro atoms. The Kier molecular flexibility index (Phi) is 7.93. The first-order valence-electron chi connectivity index (χ1n) is 13.8. The molecule has 37 heavy (non-hydrogen) atoms. The molecule has 0 bridgehead atoms. The number of carbonyl (C=O) groups excluding carboxylic acids is 1. The molecule has 2 aromatic rings. The van der Waals surface area contributed by atoms with Crippen LogP contribution in [0.15, 0.2) is 36.9 Å². The number of aryl methyl sites for hydroxylation is 1. The van der Waals surface area contributed by atoms with Crippen LogP contribution in [0.1, 0.15) is 49.4 Å². The molecule has 0 saturated carbocycles. The Labute approximate surface area is 220 Å². The minimum absolute atomic E-state index is 0.00316. The van der Waals surface area contributed by atoms with E-state index in [-0.39, 0.29) is 11.9 Å². The number of likely N-dealkylation sites (tertiary alicyclic amines) is 1. The van der Waals surface area contributed by atoms with E-state index >= 15 is 0 Å². The van der Waals surface area contributed by atoms with E-state index in [1.165, 1.54) is 35.7 Å². The molecular formula is C29H40N6O2. The summed E-state index contributed by atoms with van der Waals surface area (Å²) in [5.41, 5.74) is 5.08. The van der Waals surface area contributed by atoms with E-state index in [1.807, 2.05) is 6.92 Å². The smallest absolute Gasteiger partial charge is 0.318 e. The first kappa shape index (κ1) is 25.5. The summed E-state index contributed by atoms with van der Waals surface area (Å²) in [6.07, 6.45) is 8.84. The third-order valence-corrected chi connectivity index (χ3v) is 8.04. The van der Waals surface area contributed by atoms with Crippen LogP contribution < -0.4 is 20.3 Å². The molecule has 2 N–H and O–H groups in total. The molecule has 1 fully saturated rings. The van der Waals surface area contributed by atoms with Gasteiger partial charge in [0.2, 0.25) is 5.91 Å². The summed E-state index contributed by atoms with van der Waals surface area (Å²) in [5.74, 6) is 0.658. The molecule has 1 aliphatic carbocycles. The number of benzene rings is 1. The lowest BCUT2D eigenvalue weighted by Crippen LogP contribution is -2.43. The van der Waals surface area contributed by atoms with Crippen molar-refractivity contribution in [3.05, 3.63) is 53.7 Å². The van der Waals surface area contributed by atoms with E-state index in [9.17, 15) is 4.79 Å². The van der Waals surface area contributed by atoms with E-state index in [4.69, 9.17) is 14.7 Å². The van der Waals surface area contributed by atoms with Gasteiger partial charge in [0.05, 0.1) is 5.69 Å². The Bertz CT molecular complexity index is 1120. The van der Waals surface area contributed by atoms with Crippen LogP contribution >= 0.6 is 0 Å². The van der Waals surface area contributed by atoms with Gasteiger partial charge in [-0.3, -0.25) is 4.79 Å². The molecule has 3 aliphatic rings. The van der Waals surface area contributed by atoms with Crippen molar-refractivity contribution in [1.29, 1.82) is 0 Å². The maximum Gasteiger partial charge on any atom is 0.318 e. The zero-order chi connectivity index (χ0) is 25.8.